The minimum Gasteiger partial charge on any atom is -0.363 e. The van der Waals surface area contributed by atoms with Crippen LogP contribution in [0.2, 0.25) is 0 Å². The largest absolute Gasteiger partial charge is 0.363 e. The maximum Gasteiger partial charge on any atom is 0.293 e. The van der Waals surface area contributed by atoms with Gasteiger partial charge in [-0.05, 0) is 26.0 Å². The van der Waals surface area contributed by atoms with Gasteiger partial charge in [-0.3, -0.25) is 10.1 Å². The number of hydrogen-bond donors (Lipinski definition) is 1. The van der Waals surface area contributed by atoms with E-state index in [0.717, 1.165) is 18.9 Å². The Kier molecular flexibility index (Phi) is 3.94. The number of sulfone groups is 1. The number of nitro benzene ring substituents is 1. The zero-order chi connectivity index (χ0) is 15.8. The summed E-state index contributed by atoms with van der Waals surface area (Å²) in [6.07, 6.45) is 1.04. The average molecular weight is 313 g/mol. The van der Waals surface area contributed by atoms with Crippen LogP contribution in [0.25, 0.3) is 0 Å². The molecule has 7 nitrogen and oxygen atoms in total. The minimum absolute atomic E-state index is 0.0349. The van der Waals surface area contributed by atoms with Crippen molar-refractivity contribution in [3.05, 3.63) is 28.3 Å². The number of benzene rings is 1. The third-order valence-corrected chi connectivity index (χ3v) is 4.59. The van der Waals surface area contributed by atoms with E-state index in [9.17, 15) is 18.5 Å². The minimum atomic E-state index is -3.46. The SMILES string of the molecule is CC1(C)CN(c2ccc(S(C)(=O)=O)cc2[N+](=O)[O-])CCN1. The predicted molar refractivity (Wildman–Crippen MR) is 80.5 cm³/mol. The molecule has 2 rings (SSSR count). The first-order valence-corrected chi connectivity index (χ1v) is 8.48. The molecule has 1 N–H and O–H groups in total. The molecule has 1 heterocycles. The molecule has 1 saturated heterocycles. The highest BCUT2D eigenvalue weighted by Crippen LogP contribution is 2.32. The molecule has 0 saturated carbocycles. The summed E-state index contributed by atoms with van der Waals surface area (Å²) in [7, 11) is -3.46. The Morgan fingerprint density at radius 3 is 2.57 bits per heavy atom. The van der Waals surface area contributed by atoms with Gasteiger partial charge in [0.05, 0.1) is 9.82 Å². The number of anilines is 1. The summed E-state index contributed by atoms with van der Waals surface area (Å²) < 4.78 is 23.1. The second-order valence-electron chi connectivity index (χ2n) is 5.91. The van der Waals surface area contributed by atoms with Crippen LogP contribution in [0.3, 0.4) is 0 Å². The molecular formula is C13H19N3O4S. The Bertz CT molecular complexity index is 670. The van der Waals surface area contributed by atoms with E-state index >= 15 is 0 Å². The Balaban J connectivity index is 2.46. The zero-order valence-corrected chi connectivity index (χ0v) is 13.1. The number of hydrogen-bond acceptors (Lipinski definition) is 6. The summed E-state index contributed by atoms with van der Waals surface area (Å²) >= 11 is 0. The molecule has 0 spiro atoms. The van der Waals surface area contributed by atoms with Gasteiger partial charge in [0.15, 0.2) is 9.84 Å². The third kappa shape index (κ3) is 3.51. The fourth-order valence-corrected chi connectivity index (χ4v) is 3.14. The molecule has 0 aliphatic carbocycles. The number of piperazine rings is 1. The fourth-order valence-electron chi connectivity index (χ4n) is 2.49. The van der Waals surface area contributed by atoms with Gasteiger partial charge >= 0.3 is 0 Å². The van der Waals surface area contributed by atoms with Gasteiger partial charge in [-0.25, -0.2) is 8.42 Å². The van der Waals surface area contributed by atoms with Crippen LogP contribution in [0.5, 0.6) is 0 Å². The van der Waals surface area contributed by atoms with Gasteiger partial charge < -0.3 is 10.2 Å². The highest BCUT2D eigenvalue weighted by molar-refractivity contribution is 7.90. The van der Waals surface area contributed by atoms with Crippen LogP contribution in [-0.4, -0.2) is 44.8 Å². The molecule has 21 heavy (non-hydrogen) atoms. The Morgan fingerprint density at radius 1 is 1.38 bits per heavy atom. The first-order chi connectivity index (χ1) is 9.60. The van der Waals surface area contributed by atoms with Crippen molar-refractivity contribution in [2.45, 2.75) is 24.3 Å². The molecule has 1 aliphatic rings. The number of nitrogens with zero attached hydrogens (tertiary/aromatic N) is 2. The first-order valence-electron chi connectivity index (χ1n) is 6.59. The monoisotopic (exact) mass is 313 g/mol. The third-order valence-electron chi connectivity index (χ3n) is 3.48. The van der Waals surface area contributed by atoms with Crippen molar-refractivity contribution in [1.29, 1.82) is 0 Å². The number of rotatable bonds is 3. The summed E-state index contributed by atoms with van der Waals surface area (Å²) in [6, 6.07) is 4.09. The molecule has 116 valence electrons. The van der Waals surface area contributed by atoms with Crippen LogP contribution in [0, 0.1) is 10.1 Å². The van der Waals surface area contributed by atoms with E-state index in [4.69, 9.17) is 0 Å². The molecule has 1 aliphatic heterocycles. The van der Waals surface area contributed by atoms with Crippen LogP contribution in [0.1, 0.15) is 13.8 Å². The molecule has 1 fully saturated rings. The van der Waals surface area contributed by atoms with E-state index in [-0.39, 0.29) is 16.1 Å². The van der Waals surface area contributed by atoms with Crippen LogP contribution >= 0.6 is 0 Å². The topological polar surface area (TPSA) is 92.5 Å². The van der Waals surface area contributed by atoms with E-state index < -0.39 is 14.8 Å². The summed E-state index contributed by atoms with van der Waals surface area (Å²) in [5, 5.41) is 14.6. The van der Waals surface area contributed by atoms with E-state index in [2.05, 4.69) is 5.32 Å². The molecule has 1 aromatic carbocycles. The summed E-state index contributed by atoms with van der Waals surface area (Å²) in [4.78, 5) is 12.6. The highest BCUT2D eigenvalue weighted by Gasteiger charge is 2.30. The summed E-state index contributed by atoms with van der Waals surface area (Å²) in [6.45, 7) is 6.03. The summed E-state index contributed by atoms with van der Waals surface area (Å²) in [5.74, 6) is 0. The van der Waals surface area contributed by atoms with Gasteiger partial charge in [-0.1, -0.05) is 0 Å². The quantitative estimate of drug-likeness (QED) is 0.665. The number of nitrogens with one attached hydrogen (secondary N) is 1. The number of nitro groups is 1. The van der Waals surface area contributed by atoms with Crippen LogP contribution < -0.4 is 10.2 Å². The van der Waals surface area contributed by atoms with Gasteiger partial charge in [0, 0.05) is 37.5 Å². The molecular weight excluding hydrogens is 294 g/mol. The van der Waals surface area contributed by atoms with Gasteiger partial charge in [0.1, 0.15) is 5.69 Å². The maximum atomic E-state index is 11.6. The van der Waals surface area contributed by atoms with Crippen molar-refractivity contribution >= 4 is 21.2 Å². The maximum absolute atomic E-state index is 11.6. The lowest BCUT2D eigenvalue weighted by molar-refractivity contribution is -0.384. The van der Waals surface area contributed by atoms with Gasteiger partial charge in [-0.15, -0.1) is 0 Å². The lowest BCUT2D eigenvalue weighted by atomic mass is 10.0. The Labute approximate surface area is 124 Å². The van der Waals surface area contributed by atoms with Gasteiger partial charge in [0.25, 0.3) is 5.69 Å². The van der Waals surface area contributed by atoms with Crippen molar-refractivity contribution in [1.82, 2.24) is 5.32 Å². The lowest BCUT2D eigenvalue weighted by Crippen LogP contribution is -2.57. The first kappa shape index (κ1) is 15.7. The smallest absolute Gasteiger partial charge is 0.293 e. The van der Waals surface area contributed by atoms with Crippen LogP contribution in [0.15, 0.2) is 23.1 Å². The van der Waals surface area contributed by atoms with E-state index in [1.807, 2.05) is 18.7 Å². The van der Waals surface area contributed by atoms with E-state index in [1.165, 1.54) is 12.1 Å². The lowest BCUT2D eigenvalue weighted by Gasteiger charge is -2.40. The highest BCUT2D eigenvalue weighted by atomic mass is 32.2. The second-order valence-corrected chi connectivity index (χ2v) is 7.93. The fraction of sp³-hybridized carbons (Fsp3) is 0.538. The molecule has 0 atom stereocenters. The van der Waals surface area contributed by atoms with E-state index in [1.54, 1.807) is 0 Å². The normalized spacial score (nSPS) is 18.5. The van der Waals surface area contributed by atoms with Crippen molar-refractivity contribution in [2.24, 2.45) is 0 Å². The molecule has 1 aromatic rings. The molecule has 0 radical (unpaired) electrons. The standard InChI is InChI=1S/C13H19N3O4S/c1-13(2)9-15(7-6-14-13)11-5-4-10(21(3,19)20)8-12(11)16(17)18/h4-5,8,14H,6-7,9H2,1-3H3. The van der Waals surface area contributed by atoms with Crippen molar-refractivity contribution in [3.63, 3.8) is 0 Å². The van der Waals surface area contributed by atoms with Crippen molar-refractivity contribution in [3.8, 4) is 0 Å². The van der Waals surface area contributed by atoms with Gasteiger partial charge in [0.2, 0.25) is 0 Å². The Morgan fingerprint density at radius 2 is 2.05 bits per heavy atom. The van der Waals surface area contributed by atoms with Crippen molar-refractivity contribution < 1.29 is 13.3 Å². The second kappa shape index (κ2) is 5.27. The zero-order valence-electron chi connectivity index (χ0n) is 12.3. The Hall–Kier alpha value is -1.67. The molecule has 0 unspecified atom stereocenters. The molecule has 0 bridgehead atoms. The van der Waals surface area contributed by atoms with Crippen LogP contribution in [0.4, 0.5) is 11.4 Å². The predicted octanol–water partition coefficient (Wildman–Crippen LogP) is 1.19. The van der Waals surface area contributed by atoms with Crippen LogP contribution in [-0.2, 0) is 9.84 Å². The molecule has 8 heteroatoms. The molecule has 0 aromatic heterocycles. The van der Waals surface area contributed by atoms with Crippen molar-refractivity contribution in [2.75, 3.05) is 30.8 Å². The molecule has 0 amide bonds. The average Bonchev–Trinajstić information content (AvgIpc) is 2.35. The summed E-state index contributed by atoms with van der Waals surface area (Å²) in [5.41, 5.74) is 0.138. The van der Waals surface area contributed by atoms with Gasteiger partial charge in [-0.2, -0.15) is 0 Å². The van der Waals surface area contributed by atoms with E-state index in [0.29, 0.717) is 18.8 Å².